The molecule has 1 aromatic rings. The van der Waals surface area contributed by atoms with E-state index in [1.54, 1.807) is 0 Å². The van der Waals surface area contributed by atoms with Crippen LogP contribution in [0.1, 0.15) is 84.0 Å². The number of anilines is 2. The summed E-state index contributed by atoms with van der Waals surface area (Å²) in [6.07, 6.45) is 12.4. The van der Waals surface area contributed by atoms with Gasteiger partial charge in [-0.2, -0.15) is 0 Å². The summed E-state index contributed by atoms with van der Waals surface area (Å²) in [5, 5.41) is 13.2. The van der Waals surface area contributed by atoms with E-state index in [9.17, 15) is 23.5 Å². The summed E-state index contributed by atoms with van der Waals surface area (Å²) in [5.41, 5.74) is -1.40. The number of urea groups is 1. The molecule has 9 nitrogen and oxygen atoms in total. The molecule has 0 saturated heterocycles. The van der Waals surface area contributed by atoms with E-state index in [1.807, 2.05) is 4.90 Å². The third-order valence-corrected chi connectivity index (χ3v) is 9.48. The van der Waals surface area contributed by atoms with Crippen LogP contribution in [0.5, 0.6) is 0 Å². The molecule has 0 bridgehead atoms. The summed E-state index contributed by atoms with van der Waals surface area (Å²) in [4.78, 5) is 31.6. The van der Waals surface area contributed by atoms with E-state index < -0.39 is 22.8 Å². The second kappa shape index (κ2) is 10.3. The smallest absolute Gasteiger partial charge is 0.330 e. The number of hydrogen-bond donors (Lipinski definition) is 3. The van der Waals surface area contributed by atoms with Gasteiger partial charge in [-0.15, -0.1) is 0 Å². The molecule has 1 aromatic heterocycles. The summed E-state index contributed by atoms with van der Waals surface area (Å²) < 4.78 is 23.0. The van der Waals surface area contributed by atoms with Crippen molar-refractivity contribution in [2.75, 3.05) is 9.62 Å². The third kappa shape index (κ3) is 5.05. The first kappa shape index (κ1) is 24.4. The molecule has 1 unspecified atom stereocenters. The van der Waals surface area contributed by atoms with Crippen LogP contribution in [-0.2, 0) is 16.1 Å². The fourth-order valence-electron chi connectivity index (χ4n) is 5.54. The van der Waals surface area contributed by atoms with Crippen LogP contribution in [0.3, 0.4) is 0 Å². The standard InChI is InChI=1S/C22H34N4O5S2/c1-15-8-10-17(11-9-15)25(16-6-3-2-4-7-16)21(29)24-20-23-14-18(32-20)26(33(30)31)22(19(27)28)12-5-13-22/h14-17H,2-13H2,1H3,(H,27,28)(H,30,31)(H,23,24,29). The highest BCUT2D eigenvalue weighted by Gasteiger charge is 2.53. The largest absolute Gasteiger partial charge is 0.479 e. The Labute approximate surface area is 201 Å². The second-order valence-corrected chi connectivity index (χ2v) is 11.6. The van der Waals surface area contributed by atoms with Crippen LogP contribution < -0.4 is 9.62 Å². The zero-order chi connectivity index (χ0) is 23.6. The number of carbonyl (C=O) groups is 2. The highest BCUT2D eigenvalue weighted by molar-refractivity contribution is 7.81. The minimum Gasteiger partial charge on any atom is -0.479 e. The molecule has 33 heavy (non-hydrogen) atoms. The third-order valence-electron chi connectivity index (χ3n) is 7.61. The first-order valence-electron chi connectivity index (χ1n) is 12.0. The fourth-order valence-corrected chi connectivity index (χ4v) is 7.40. The van der Waals surface area contributed by atoms with E-state index >= 15 is 0 Å². The average Bonchev–Trinajstić information content (AvgIpc) is 3.20. The quantitative estimate of drug-likeness (QED) is 0.462. The number of hydrogen-bond acceptors (Lipinski definition) is 5. The van der Waals surface area contributed by atoms with Crippen molar-refractivity contribution in [3.63, 3.8) is 0 Å². The molecule has 4 rings (SSSR count). The van der Waals surface area contributed by atoms with Crippen LogP contribution in [0.25, 0.3) is 0 Å². The van der Waals surface area contributed by atoms with Gasteiger partial charge in [0.1, 0.15) is 5.00 Å². The fraction of sp³-hybridized carbons (Fsp3) is 0.773. The lowest BCUT2D eigenvalue weighted by molar-refractivity contribution is -0.146. The van der Waals surface area contributed by atoms with Crippen molar-refractivity contribution in [3.05, 3.63) is 6.20 Å². The summed E-state index contributed by atoms with van der Waals surface area (Å²) >= 11 is -1.47. The van der Waals surface area contributed by atoms with E-state index in [0.717, 1.165) is 67.0 Å². The van der Waals surface area contributed by atoms with Gasteiger partial charge >= 0.3 is 12.0 Å². The van der Waals surface area contributed by atoms with Gasteiger partial charge in [0.05, 0.1) is 6.20 Å². The van der Waals surface area contributed by atoms with Crippen LogP contribution in [0.2, 0.25) is 0 Å². The van der Waals surface area contributed by atoms with Gasteiger partial charge in [-0.05, 0) is 63.7 Å². The minimum atomic E-state index is -2.51. The number of nitrogens with zero attached hydrogens (tertiary/aromatic N) is 3. The van der Waals surface area contributed by atoms with Gasteiger partial charge < -0.3 is 10.0 Å². The zero-order valence-corrected chi connectivity index (χ0v) is 20.7. The van der Waals surface area contributed by atoms with Crippen molar-refractivity contribution in [2.24, 2.45) is 5.92 Å². The first-order valence-corrected chi connectivity index (χ1v) is 13.9. The van der Waals surface area contributed by atoms with E-state index in [1.165, 1.54) is 12.6 Å². The van der Waals surface area contributed by atoms with Gasteiger partial charge in [-0.25, -0.2) is 23.1 Å². The van der Waals surface area contributed by atoms with Gasteiger partial charge in [-0.3, -0.25) is 9.87 Å². The van der Waals surface area contributed by atoms with Gasteiger partial charge in [0.25, 0.3) is 11.3 Å². The molecule has 1 atom stereocenters. The Kier molecular flexibility index (Phi) is 7.59. The lowest BCUT2D eigenvalue weighted by Gasteiger charge is -2.44. The van der Waals surface area contributed by atoms with E-state index in [0.29, 0.717) is 30.3 Å². The number of amides is 2. The first-order chi connectivity index (χ1) is 15.8. The van der Waals surface area contributed by atoms with Crippen LogP contribution in [0.4, 0.5) is 14.9 Å². The molecule has 1 heterocycles. The maximum absolute atomic E-state index is 13.4. The number of aromatic nitrogens is 1. The topological polar surface area (TPSA) is 123 Å². The predicted octanol–water partition coefficient (Wildman–Crippen LogP) is 4.84. The van der Waals surface area contributed by atoms with E-state index in [4.69, 9.17) is 0 Å². The Balaban J connectivity index is 1.51. The van der Waals surface area contributed by atoms with Crippen LogP contribution in [0, 0.1) is 5.92 Å². The SMILES string of the molecule is CC1CCC(N(C(=O)Nc2ncc(N(S(=O)O)C3(C(=O)O)CCC3)s2)C2CCCCC2)CC1. The number of carboxylic acids is 1. The molecule has 3 saturated carbocycles. The molecule has 2 amide bonds. The Morgan fingerprint density at radius 2 is 1.73 bits per heavy atom. The Morgan fingerprint density at radius 3 is 2.27 bits per heavy atom. The summed E-state index contributed by atoms with van der Waals surface area (Å²) in [6.45, 7) is 2.27. The molecule has 3 fully saturated rings. The maximum atomic E-state index is 13.4. The van der Waals surface area contributed by atoms with Crippen molar-refractivity contribution in [3.8, 4) is 0 Å². The average molecular weight is 499 g/mol. The Bertz CT molecular complexity index is 876. The van der Waals surface area contributed by atoms with Crippen LogP contribution >= 0.6 is 11.3 Å². The molecule has 0 aromatic carbocycles. The molecule has 11 heteroatoms. The predicted molar refractivity (Wildman–Crippen MR) is 129 cm³/mol. The number of carboxylic acid groups (broad SMARTS) is 1. The summed E-state index contributed by atoms with van der Waals surface area (Å²) in [6, 6.07) is 0.273. The minimum absolute atomic E-state index is 0.171. The zero-order valence-electron chi connectivity index (χ0n) is 19.1. The number of rotatable bonds is 7. The van der Waals surface area contributed by atoms with Crippen molar-refractivity contribution >= 4 is 44.7 Å². The van der Waals surface area contributed by atoms with Crippen molar-refractivity contribution in [1.29, 1.82) is 0 Å². The molecule has 3 aliphatic rings. The van der Waals surface area contributed by atoms with Crippen molar-refractivity contribution < 1.29 is 23.5 Å². The van der Waals surface area contributed by atoms with Crippen LogP contribution in [-0.4, -0.2) is 53.4 Å². The van der Waals surface area contributed by atoms with E-state index in [2.05, 4.69) is 17.2 Å². The number of aliphatic carboxylic acids is 1. The molecule has 0 spiro atoms. The van der Waals surface area contributed by atoms with E-state index in [-0.39, 0.29) is 23.1 Å². The Morgan fingerprint density at radius 1 is 1.09 bits per heavy atom. The summed E-state index contributed by atoms with van der Waals surface area (Å²) in [7, 11) is 0. The number of carbonyl (C=O) groups excluding carboxylic acids is 1. The van der Waals surface area contributed by atoms with Crippen LogP contribution in [0.15, 0.2) is 6.20 Å². The molecular formula is C22H34N4O5S2. The monoisotopic (exact) mass is 498 g/mol. The highest BCUT2D eigenvalue weighted by Crippen LogP contribution is 2.44. The van der Waals surface area contributed by atoms with Gasteiger partial charge in [0, 0.05) is 12.1 Å². The molecule has 3 aliphatic carbocycles. The lowest BCUT2D eigenvalue weighted by atomic mass is 9.77. The molecule has 0 radical (unpaired) electrons. The highest BCUT2D eigenvalue weighted by atomic mass is 32.2. The van der Waals surface area contributed by atoms with Crippen molar-refractivity contribution in [1.82, 2.24) is 9.88 Å². The number of thiazole rings is 1. The van der Waals surface area contributed by atoms with Gasteiger partial charge in [0.15, 0.2) is 10.7 Å². The number of nitrogens with one attached hydrogen (secondary N) is 1. The van der Waals surface area contributed by atoms with Gasteiger partial charge in [0.2, 0.25) is 0 Å². The molecular weight excluding hydrogens is 464 g/mol. The molecule has 3 N–H and O–H groups in total. The molecule has 184 valence electrons. The normalized spacial score (nSPS) is 26.1. The van der Waals surface area contributed by atoms with Gasteiger partial charge in [-0.1, -0.05) is 37.5 Å². The second-order valence-electron chi connectivity index (χ2n) is 9.76. The van der Waals surface area contributed by atoms with Crippen molar-refractivity contribution in [2.45, 2.75) is 102 Å². The maximum Gasteiger partial charge on any atom is 0.330 e. The Hall–Kier alpha value is -1.72. The molecule has 0 aliphatic heterocycles. The lowest BCUT2D eigenvalue weighted by Crippen LogP contribution is -2.60. The summed E-state index contributed by atoms with van der Waals surface area (Å²) in [5.74, 6) is -0.428.